The zero-order valence-electron chi connectivity index (χ0n) is 18.5. The Morgan fingerprint density at radius 3 is 2.39 bits per heavy atom. The first-order valence-electron chi connectivity index (χ1n) is 10.1. The molecule has 3 rings (SSSR count). The van der Waals surface area contributed by atoms with E-state index in [4.69, 9.17) is 4.74 Å². The van der Waals surface area contributed by atoms with Crippen LogP contribution in [0.15, 0.2) is 77.7 Å². The van der Waals surface area contributed by atoms with Crippen molar-refractivity contribution in [2.45, 2.75) is 24.8 Å². The van der Waals surface area contributed by atoms with Crippen molar-refractivity contribution in [2.75, 3.05) is 17.1 Å². The maximum Gasteiger partial charge on any atom is 0.262 e. The third-order valence-electron chi connectivity index (χ3n) is 4.78. The van der Waals surface area contributed by atoms with Gasteiger partial charge in [0.25, 0.3) is 15.9 Å². The van der Waals surface area contributed by atoms with E-state index in [0.29, 0.717) is 17.0 Å². The van der Waals surface area contributed by atoms with Gasteiger partial charge in [-0.2, -0.15) is 0 Å². The molecule has 8 nitrogen and oxygen atoms in total. The second-order valence-corrected chi connectivity index (χ2v) is 9.07. The fraction of sp³-hybridized carbons (Fsp3) is 0.167. The number of rotatable bonds is 8. The molecule has 0 aliphatic heterocycles. The number of para-hydroxylation sites is 2. The van der Waals surface area contributed by atoms with Crippen LogP contribution in [-0.4, -0.2) is 33.4 Å². The van der Waals surface area contributed by atoms with Crippen molar-refractivity contribution in [3.63, 3.8) is 0 Å². The smallest absolute Gasteiger partial charge is 0.262 e. The Balaban J connectivity index is 1.70. The predicted octanol–water partition coefficient (Wildman–Crippen LogP) is 3.56. The van der Waals surface area contributed by atoms with Gasteiger partial charge in [-0.15, -0.1) is 0 Å². The number of aryl methyl sites for hydroxylation is 1. The monoisotopic (exact) mass is 467 g/mol. The summed E-state index contributed by atoms with van der Waals surface area (Å²) in [6, 6.07) is 18.6. The first-order chi connectivity index (χ1) is 15.7. The second kappa shape index (κ2) is 10.2. The van der Waals surface area contributed by atoms with Crippen molar-refractivity contribution in [2.24, 2.45) is 0 Å². The van der Waals surface area contributed by atoms with Gasteiger partial charge in [-0.1, -0.05) is 35.9 Å². The predicted molar refractivity (Wildman–Crippen MR) is 127 cm³/mol. The summed E-state index contributed by atoms with van der Waals surface area (Å²) in [6.07, 6.45) is 0. The maximum absolute atomic E-state index is 12.8. The van der Waals surface area contributed by atoms with Gasteiger partial charge in [0, 0.05) is 11.3 Å². The average molecular weight is 468 g/mol. The molecule has 0 aliphatic carbocycles. The highest BCUT2D eigenvalue weighted by Crippen LogP contribution is 2.26. The Morgan fingerprint density at radius 1 is 0.939 bits per heavy atom. The molecule has 3 aromatic rings. The van der Waals surface area contributed by atoms with E-state index in [1.165, 1.54) is 25.3 Å². The highest BCUT2D eigenvalue weighted by molar-refractivity contribution is 7.92. The zero-order valence-corrected chi connectivity index (χ0v) is 19.3. The fourth-order valence-corrected chi connectivity index (χ4v) is 4.17. The van der Waals surface area contributed by atoms with Crippen molar-refractivity contribution < 1.29 is 22.7 Å². The first-order valence-corrected chi connectivity index (χ1v) is 11.6. The lowest BCUT2D eigenvalue weighted by molar-refractivity contribution is -0.117. The summed E-state index contributed by atoms with van der Waals surface area (Å²) < 4.78 is 33.3. The van der Waals surface area contributed by atoms with Gasteiger partial charge in [0.15, 0.2) is 0 Å². The normalized spacial score (nSPS) is 11.8. The summed E-state index contributed by atoms with van der Waals surface area (Å²) in [5, 5.41) is 5.28. The van der Waals surface area contributed by atoms with Crippen molar-refractivity contribution in [1.29, 1.82) is 0 Å². The molecular weight excluding hydrogens is 442 g/mol. The minimum absolute atomic E-state index is 0.0392. The van der Waals surface area contributed by atoms with Gasteiger partial charge in [-0.3, -0.25) is 14.3 Å². The van der Waals surface area contributed by atoms with E-state index in [1.54, 1.807) is 55.5 Å². The van der Waals surface area contributed by atoms with E-state index in [0.717, 1.165) is 5.56 Å². The van der Waals surface area contributed by atoms with Gasteiger partial charge in [0.05, 0.1) is 17.7 Å². The van der Waals surface area contributed by atoms with Gasteiger partial charge < -0.3 is 15.4 Å². The number of benzene rings is 3. The number of methoxy groups -OCH3 is 1. The SMILES string of the molecule is COc1ccccc1NS(=O)(=O)c1cccc(NC(=O)[C@H](C)NC(=O)c2cccc(C)c2)c1. The number of amides is 2. The molecule has 0 unspecified atom stereocenters. The molecule has 0 fully saturated rings. The van der Waals surface area contributed by atoms with Crippen LogP contribution in [0.4, 0.5) is 11.4 Å². The van der Waals surface area contributed by atoms with Crippen LogP contribution in [0.3, 0.4) is 0 Å². The van der Waals surface area contributed by atoms with Crippen molar-refractivity contribution in [3.05, 3.63) is 83.9 Å². The molecule has 9 heteroatoms. The maximum atomic E-state index is 12.8. The summed E-state index contributed by atoms with van der Waals surface area (Å²) in [5.74, 6) is -0.481. The summed E-state index contributed by atoms with van der Waals surface area (Å²) in [6.45, 7) is 3.42. The topological polar surface area (TPSA) is 114 Å². The summed E-state index contributed by atoms with van der Waals surface area (Å²) in [7, 11) is -2.49. The van der Waals surface area contributed by atoms with Crippen molar-refractivity contribution in [3.8, 4) is 5.75 Å². The van der Waals surface area contributed by atoms with Crippen LogP contribution in [-0.2, 0) is 14.8 Å². The quantitative estimate of drug-likeness (QED) is 0.469. The second-order valence-electron chi connectivity index (χ2n) is 7.39. The lowest BCUT2D eigenvalue weighted by Crippen LogP contribution is -2.41. The zero-order chi connectivity index (χ0) is 24.0. The number of nitrogens with one attached hydrogen (secondary N) is 3. The van der Waals surface area contributed by atoms with E-state index in [9.17, 15) is 18.0 Å². The molecule has 1 atom stereocenters. The minimum atomic E-state index is -3.93. The molecule has 3 aromatic carbocycles. The minimum Gasteiger partial charge on any atom is -0.495 e. The summed E-state index contributed by atoms with van der Waals surface area (Å²) in [4.78, 5) is 24.9. The molecule has 2 amide bonds. The number of carbonyl (C=O) groups is 2. The summed E-state index contributed by atoms with van der Waals surface area (Å²) in [5.41, 5.74) is 1.95. The molecule has 172 valence electrons. The van der Waals surface area contributed by atoms with Gasteiger partial charge in [-0.25, -0.2) is 8.42 Å². The largest absolute Gasteiger partial charge is 0.495 e. The van der Waals surface area contributed by atoms with Gasteiger partial charge in [0.1, 0.15) is 11.8 Å². The highest BCUT2D eigenvalue weighted by atomic mass is 32.2. The highest BCUT2D eigenvalue weighted by Gasteiger charge is 2.20. The molecule has 0 bridgehead atoms. The fourth-order valence-electron chi connectivity index (χ4n) is 3.06. The number of hydrogen-bond acceptors (Lipinski definition) is 5. The molecule has 0 aromatic heterocycles. The van der Waals surface area contributed by atoms with E-state index in [1.807, 2.05) is 13.0 Å². The Bertz CT molecular complexity index is 1270. The lowest BCUT2D eigenvalue weighted by Gasteiger charge is -2.15. The van der Waals surface area contributed by atoms with Crippen molar-refractivity contribution >= 4 is 33.2 Å². The van der Waals surface area contributed by atoms with E-state index >= 15 is 0 Å². The molecule has 0 spiro atoms. The van der Waals surface area contributed by atoms with Crippen LogP contribution >= 0.6 is 0 Å². The average Bonchev–Trinajstić information content (AvgIpc) is 2.79. The molecule has 0 saturated heterocycles. The standard InChI is InChI=1S/C24H25N3O5S/c1-16-8-6-9-18(14-16)24(29)25-17(2)23(28)26-19-10-7-11-20(15-19)33(30,31)27-21-12-4-5-13-22(21)32-3/h4-15,17,27H,1-3H3,(H,25,29)(H,26,28)/t17-/m0/s1. The first kappa shape index (κ1) is 23.8. The third-order valence-corrected chi connectivity index (χ3v) is 6.15. The van der Waals surface area contributed by atoms with Crippen LogP contribution in [0.2, 0.25) is 0 Å². The molecule has 33 heavy (non-hydrogen) atoms. The van der Waals surface area contributed by atoms with Crippen LogP contribution in [0.5, 0.6) is 5.75 Å². The van der Waals surface area contributed by atoms with Crippen LogP contribution < -0.4 is 20.1 Å². The Labute approximate surface area is 193 Å². The third kappa shape index (κ3) is 6.11. The number of hydrogen-bond donors (Lipinski definition) is 3. The Hall–Kier alpha value is -3.85. The Kier molecular flexibility index (Phi) is 7.34. The van der Waals surface area contributed by atoms with E-state index < -0.39 is 22.0 Å². The molecule has 0 heterocycles. The number of anilines is 2. The summed E-state index contributed by atoms with van der Waals surface area (Å²) >= 11 is 0. The van der Waals surface area contributed by atoms with E-state index in [-0.39, 0.29) is 16.5 Å². The van der Waals surface area contributed by atoms with Crippen LogP contribution in [0, 0.1) is 6.92 Å². The number of carbonyl (C=O) groups excluding carboxylic acids is 2. The van der Waals surface area contributed by atoms with Gasteiger partial charge in [0.2, 0.25) is 5.91 Å². The van der Waals surface area contributed by atoms with Gasteiger partial charge in [-0.05, 0) is 56.3 Å². The van der Waals surface area contributed by atoms with Gasteiger partial charge >= 0.3 is 0 Å². The molecular formula is C24H25N3O5S. The molecule has 0 radical (unpaired) electrons. The number of sulfonamides is 1. The molecule has 3 N–H and O–H groups in total. The van der Waals surface area contributed by atoms with Crippen LogP contribution in [0.1, 0.15) is 22.8 Å². The lowest BCUT2D eigenvalue weighted by atomic mass is 10.1. The van der Waals surface area contributed by atoms with E-state index in [2.05, 4.69) is 15.4 Å². The number of ether oxygens (including phenoxy) is 1. The Morgan fingerprint density at radius 2 is 1.67 bits per heavy atom. The van der Waals surface area contributed by atoms with Crippen molar-refractivity contribution in [1.82, 2.24) is 5.32 Å². The van der Waals surface area contributed by atoms with Crippen LogP contribution in [0.25, 0.3) is 0 Å². The molecule has 0 saturated carbocycles. The molecule has 0 aliphatic rings.